The Balaban J connectivity index is 1.68. The minimum atomic E-state index is -1.71. The molecule has 562 valence electrons. The number of carbonyl (C=O) groups is 12. The van der Waals surface area contributed by atoms with Crippen molar-refractivity contribution in [3.8, 4) is 5.75 Å². The van der Waals surface area contributed by atoms with Gasteiger partial charge in [0.1, 0.15) is 72.8 Å². The number of amides is 12. The Bertz CT molecular complexity index is 3380. The second kappa shape index (κ2) is 38.5. The van der Waals surface area contributed by atoms with Crippen LogP contribution in [-0.2, 0) is 75.1 Å². The lowest BCUT2D eigenvalue weighted by Crippen LogP contribution is -2.62. The monoisotopic (exact) mass is 1440 g/mol. The van der Waals surface area contributed by atoms with Crippen LogP contribution in [0.4, 0.5) is 0 Å². The molecule has 12 amide bonds. The van der Waals surface area contributed by atoms with E-state index in [9.17, 15) is 38.7 Å². The molecule has 2 heterocycles. The van der Waals surface area contributed by atoms with Crippen LogP contribution in [0.3, 0.4) is 0 Å². The number of aliphatic hydroxyl groups is 1. The summed E-state index contributed by atoms with van der Waals surface area (Å²) in [5.74, 6) is -11.0. The Labute approximate surface area is 605 Å². The van der Waals surface area contributed by atoms with E-state index in [0.717, 1.165) is 26.0 Å². The Morgan fingerprint density at radius 3 is 1.63 bits per heavy atom. The molecule has 2 aliphatic rings. The van der Waals surface area contributed by atoms with Crippen LogP contribution >= 0.6 is 11.6 Å². The summed E-state index contributed by atoms with van der Waals surface area (Å²) in [4.78, 5) is 187. The predicted octanol–water partition coefficient (Wildman–Crippen LogP) is 3.21. The minimum absolute atomic E-state index is 0.0492. The lowest BCUT2D eigenvalue weighted by Gasteiger charge is -2.38. The smallest absolute Gasteiger partial charge is 0.249 e. The summed E-state index contributed by atoms with van der Waals surface area (Å²) in [6, 6.07) is 9.17. The summed E-state index contributed by atoms with van der Waals surface area (Å²) in [5, 5.41) is 25.1. The molecule has 0 radical (unpaired) electrons. The zero-order valence-corrected chi connectivity index (χ0v) is 63.1. The number of likely N-dealkylation sites (tertiary alicyclic amines) is 1. The summed E-state index contributed by atoms with van der Waals surface area (Å²) >= 11 is 6.31. The zero-order chi connectivity index (χ0) is 76.2. The van der Waals surface area contributed by atoms with E-state index in [2.05, 4.69) is 26.6 Å². The molecular formula is C74H109ClN12O15. The zero-order valence-electron chi connectivity index (χ0n) is 62.3. The molecule has 27 nitrogen and oxygen atoms in total. The van der Waals surface area contributed by atoms with Gasteiger partial charge < -0.3 is 75.5 Å². The molecule has 0 spiro atoms. The summed E-state index contributed by atoms with van der Waals surface area (Å²) in [5.41, 5.74) is 0.343. The molecule has 1 unspecified atom stereocenters. The Morgan fingerprint density at radius 1 is 0.559 bits per heavy atom. The Hall–Kier alpha value is -8.69. The first-order valence-electron chi connectivity index (χ1n) is 35.0. The standard InChI is InChI=1S/C74H109ClN12O15/c1-44(2)36-56-65(92)78-55(43-102-74(9,10)11)69(96)85(16)58(38-50-30-23-19-24-31-50)71(98)86(17)63(46(5)6)67(94)76-53(70(97)87-34-25-20-26-35-87)40-59(89)79-61(45(3)4)73(100)84(15)57(37-49-28-21-18-22-29-49)66(93)77-54(42-101-52-33-27-32-51(75)39-52)68(95)82(13)47(7)64(91)80-62(48(8)88)72(99)81(12)41-60(90)83(56)14/h18-19,21-24,27-33,39,44-48,53-58,61-63,88H,20,25-26,34-38,40-43H2,1-17H3,(H,76,94)(H,77,93)(H,78,92)(H,79,89)(H,80,91)/t47-,48+,53?,54-,55-,56-,57-,58-,61+,62-,63-/m0/s1. The van der Waals surface area contributed by atoms with Gasteiger partial charge in [0.15, 0.2) is 0 Å². The number of hydrogen-bond donors (Lipinski definition) is 6. The van der Waals surface area contributed by atoms with Crippen LogP contribution in [0.2, 0.25) is 5.02 Å². The van der Waals surface area contributed by atoms with Crippen molar-refractivity contribution in [3.05, 3.63) is 101 Å². The fourth-order valence-electron chi connectivity index (χ4n) is 12.2. The van der Waals surface area contributed by atoms with E-state index in [1.165, 1.54) is 72.0 Å². The van der Waals surface area contributed by atoms with Gasteiger partial charge in [-0.15, -0.1) is 0 Å². The van der Waals surface area contributed by atoms with Crippen molar-refractivity contribution in [2.24, 2.45) is 17.8 Å². The van der Waals surface area contributed by atoms with Gasteiger partial charge >= 0.3 is 0 Å². The number of likely N-dealkylation sites (N-methyl/N-ethyl adjacent to an activating group) is 6. The Kier molecular flexibility index (Phi) is 31.7. The van der Waals surface area contributed by atoms with Crippen LogP contribution in [0.5, 0.6) is 5.75 Å². The first-order chi connectivity index (χ1) is 47.8. The molecule has 2 fully saturated rings. The predicted molar refractivity (Wildman–Crippen MR) is 385 cm³/mol. The van der Waals surface area contributed by atoms with Crippen molar-refractivity contribution >= 4 is 82.5 Å². The van der Waals surface area contributed by atoms with Gasteiger partial charge in [0.2, 0.25) is 70.9 Å². The Morgan fingerprint density at radius 2 is 1.10 bits per heavy atom. The van der Waals surface area contributed by atoms with Crippen molar-refractivity contribution in [2.75, 3.05) is 75.1 Å². The summed E-state index contributed by atoms with van der Waals surface area (Å²) in [6.45, 7) is 17.2. The quantitative estimate of drug-likeness (QED) is 0.127. The van der Waals surface area contributed by atoms with E-state index < -0.39 is 181 Å². The second-order valence-electron chi connectivity index (χ2n) is 28.9. The molecule has 2 aliphatic heterocycles. The van der Waals surface area contributed by atoms with Gasteiger partial charge in [-0.1, -0.05) is 120 Å². The lowest BCUT2D eigenvalue weighted by molar-refractivity contribution is -0.152. The van der Waals surface area contributed by atoms with Crippen LogP contribution in [-0.4, -0.2) is 258 Å². The van der Waals surface area contributed by atoms with Crippen LogP contribution in [0, 0.1) is 17.8 Å². The third-order valence-corrected chi connectivity index (χ3v) is 18.7. The number of carbonyl (C=O) groups excluding carboxylic acids is 12. The highest BCUT2D eigenvalue weighted by atomic mass is 35.5. The van der Waals surface area contributed by atoms with E-state index >= 15 is 24.0 Å². The lowest BCUT2D eigenvalue weighted by atomic mass is 9.97. The average molecular weight is 1440 g/mol. The molecule has 3 aromatic rings. The number of hydrogen-bond acceptors (Lipinski definition) is 15. The fourth-order valence-corrected chi connectivity index (χ4v) is 12.4. The molecule has 2 saturated heterocycles. The van der Waals surface area contributed by atoms with E-state index in [0.29, 0.717) is 37.1 Å². The largest absolute Gasteiger partial charge is 0.491 e. The van der Waals surface area contributed by atoms with Gasteiger partial charge in [-0.2, -0.15) is 0 Å². The van der Waals surface area contributed by atoms with Crippen LogP contribution in [0.25, 0.3) is 0 Å². The molecule has 0 aromatic heterocycles. The number of ether oxygens (including phenoxy) is 2. The fraction of sp³-hybridized carbons (Fsp3) is 0.595. The number of rotatable bonds is 15. The number of nitrogens with zero attached hydrogens (tertiary/aromatic N) is 7. The molecule has 5 rings (SSSR count). The van der Waals surface area contributed by atoms with Crippen molar-refractivity contribution in [1.82, 2.24) is 60.9 Å². The maximum atomic E-state index is 15.5. The molecule has 11 atom stereocenters. The highest BCUT2D eigenvalue weighted by Gasteiger charge is 2.44. The maximum absolute atomic E-state index is 15.5. The maximum Gasteiger partial charge on any atom is 0.249 e. The molecule has 0 saturated carbocycles. The third-order valence-electron chi connectivity index (χ3n) is 18.4. The van der Waals surface area contributed by atoms with Gasteiger partial charge in [0.05, 0.1) is 31.3 Å². The number of nitrogens with one attached hydrogen (secondary N) is 5. The van der Waals surface area contributed by atoms with Gasteiger partial charge in [0, 0.05) is 73.2 Å². The molecule has 28 heteroatoms. The van der Waals surface area contributed by atoms with Gasteiger partial charge in [-0.25, -0.2) is 0 Å². The normalized spacial score (nSPS) is 24.7. The number of aliphatic hydroxyl groups excluding tert-OH is 1. The van der Waals surface area contributed by atoms with Crippen molar-refractivity contribution in [3.63, 3.8) is 0 Å². The molecule has 0 bridgehead atoms. The van der Waals surface area contributed by atoms with Gasteiger partial charge in [-0.05, 0) is 107 Å². The van der Waals surface area contributed by atoms with Gasteiger partial charge in [-0.3, -0.25) is 57.5 Å². The highest BCUT2D eigenvalue weighted by Crippen LogP contribution is 2.23. The van der Waals surface area contributed by atoms with E-state index in [-0.39, 0.29) is 36.0 Å². The van der Waals surface area contributed by atoms with Gasteiger partial charge in [0.25, 0.3) is 0 Å². The molecule has 0 aliphatic carbocycles. The minimum Gasteiger partial charge on any atom is -0.491 e. The summed E-state index contributed by atoms with van der Waals surface area (Å²) < 4.78 is 12.2. The van der Waals surface area contributed by atoms with Crippen LogP contribution in [0.1, 0.15) is 119 Å². The van der Waals surface area contributed by atoms with Crippen LogP contribution < -0.4 is 31.3 Å². The topological polar surface area (TPSA) is 326 Å². The van der Waals surface area contributed by atoms with E-state index in [1.54, 1.807) is 132 Å². The molecular weight excluding hydrogens is 1330 g/mol. The average Bonchev–Trinajstić information content (AvgIpc) is 1.88. The van der Waals surface area contributed by atoms with E-state index in [4.69, 9.17) is 21.1 Å². The number of piperidine rings is 1. The van der Waals surface area contributed by atoms with Crippen LogP contribution in [0.15, 0.2) is 84.9 Å². The highest BCUT2D eigenvalue weighted by molar-refractivity contribution is 6.30. The summed E-state index contributed by atoms with van der Waals surface area (Å²) in [7, 11) is 8.03. The number of benzene rings is 3. The third kappa shape index (κ3) is 24.0. The van der Waals surface area contributed by atoms with Crippen molar-refractivity contribution in [1.29, 1.82) is 0 Å². The number of halogens is 1. The molecule has 6 N–H and O–H groups in total. The molecule has 3 aromatic carbocycles. The first-order valence-corrected chi connectivity index (χ1v) is 35.4. The molecule has 102 heavy (non-hydrogen) atoms. The van der Waals surface area contributed by atoms with E-state index in [1.807, 2.05) is 13.8 Å². The summed E-state index contributed by atoms with van der Waals surface area (Å²) in [6.07, 6.45) is -0.291. The SMILES string of the molecule is CC(C)C[C@H]1C(=O)N[C@@H](COC(C)(C)C)C(=O)N(C)[C@@H](Cc2ccccc2)C(=O)N(C)[C@@H](C(C)C)C(=O)NC(C(=O)N2CCCCC2)CC(=O)N[C@H](C(C)C)C(=O)N(C)[C@@H](Cc2ccccc2)C(=O)N[C@@H](COc2cccc(Cl)c2)C(=O)N(C)[C@@H](C)C(=O)N[C@@H]([C@@H](C)O)C(=O)N(C)CC(=O)N1C. The first kappa shape index (κ1) is 84.0. The van der Waals surface area contributed by atoms with Crippen molar-refractivity contribution in [2.45, 2.75) is 193 Å². The van der Waals surface area contributed by atoms with Crippen molar-refractivity contribution < 1.29 is 72.1 Å². The second-order valence-corrected chi connectivity index (χ2v) is 29.3.